The van der Waals surface area contributed by atoms with E-state index in [-0.39, 0.29) is 18.7 Å². The third-order valence-electron chi connectivity index (χ3n) is 11.5. The van der Waals surface area contributed by atoms with Gasteiger partial charge in [0.15, 0.2) is 11.5 Å². The summed E-state index contributed by atoms with van der Waals surface area (Å²) < 4.78 is 2.72. The highest BCUT2D eigenvalue weighted by atomic mass is 79.9. The molecule has 2 fully saturated rings. The van der Waals surface area contributed by atoms with Crippen LogP contribution in [-0.4, -0.2) is 85.4 Å². The van der Waals surface area contributed by atoms with Gasteiger partial charge in [-0.2, -0.15) is 10.1 Å². The Morgan fingerprint density at radius 2 is 1.71 bits per heavy atom. The van der Waals surface area contributed by atoms with Crippen molar-refractivity contribution in [1.29, 1.82) is 0 Å². The Kier molecular flexibility index (Phi) is 9.28. The summed E-state index contributed by atoms with van der Waals surface area (Å²) in [7, 11) is 1.88. The van der Waals surface area contributed by atoms with Crippen LogP contribution in [0, 0.1) is 12.8 Å². The number of rotatable bonds is 8. The molecule has 15 heteroatoms. The third kappa shape index (κ3) is 6.68. The Balaban J connectivity index is 0.811. The summed E-state index contributed by atoms with van der Waals surface area (Å²) in [4.78, 5) is 65.9. The van der Waals surface area contributed by atoms with Gasteiger partial charge in [-0.1, -0.05) is 18.2 Å². The average Bonchev–Trinajstić information content (AvgIpc) is 3.63. The molecule has 6 heterocycles. The smallest absolute Gasteiger partial charge is 0.262 e. The van der Waals surface area contributed by atoms with Gasteiger partial charge in [0.05, 0.1) is 22.2 Å². The molecule has 0 saturated carbocycles. The van der Waals surface area contributed by atoms with Gasteiger partial charge in [-0.15, -0.1) is 0 Å². The number of para-hydroxylation sites is 1. The van der Waals surface area contributed by atoms with Crippen LogP contribution in [0.15, 0.2) is 65.3 Å². The predicted octanol–water partition coefficient (Wildman–Crippen LogP) is 5.60. The minimum Gasteiger partial charge on any atom is -0.371 e. The molecule has 0 spiro atoms. The topological polar surface area (TPSA) is 158 Å². The van der Waals surface area contributed by atoms with E-state index in [9.17, 15) is 19.2 Å². The maximum atomic E-state index is 13.4. The Bertz CT molecular complexity index is 2420. The van der Waals surface area contributed by atoms with Crippen LogP contribution in [0.4, 0.5) is 28.8 Å². The minimum absolute atomic E-state index is 0.0972. The third-order valence-corrected chi connectivity index (χ3v) is 12.2. The zero-order valence-electron chi connectivity index (χ0n) is 31.1. The number of carbonyl (C=O) groups is 4. The van der Waals surface area contributed by atoms with Gasteiger partial charge in [-0.3, -0.25) is 34.3 Å². The molecule has 4 aliphatic rings. The highest BCUT2D eigenvalue weighted by molar-refractivity contribution is 9.10. The molecule has 1 unspecified atom stereocenters. The van der Waals surface area contributed by atoms with Crippen molar-refractivity contribution < 1.29 is 19.2 Å². The Hall–Kier alpha value is -5.67. The van der Waals surface area contributed by atoms with Crippen molar-refractivity contribution in [2.45, 2.75) is 51.6 Å². The lowest BCUT2D eigenvalue weighted by Gasteiger charge is -2.37. The fraction of sp³-hybridized carbons (Fsp3) is 0.341. The molecular formula is C41H41BrN10O4. The van der Waals surface area contributed by atoms with E-state index in [4.69, 9.17) is 4.98 Å². The van der Waals surface area contributed by atoms with Crippen LogP contribution in [0.25, 0.3) is 11.0 Å². The largest absolute Gasteiger partial charge is 0.371 e. The summed E-state index contributed by atoms with van der Waals surface area (Å²) in [5, 5.41) is 14.6. The van der Waals surface area contributed by atoms with Gasteiger partial charge in [0, 0.05) is 68.2 Å². The number of anilines is 5. The predicted molar refractivity (Wildman–Crippen MR) is 215 cm³/mol. The summed E-state index contributed by atoms with van der Waals surface area (Å²) in [6.07, 6.45) is 5.08. The van der Waals surface area contributed by atoms with Crippen LogP contribution < -0.4 is 20.9 Å². The first-order valence-electron chi connectivity index (χ1n) is 19.0. The Morgan fingerprint density at radius 1 is 0.893 bits per heavy atom. The van der Waals surface area contributed by atoms with E-state index >= 15 is 0 Å². The van der Waals surface area contributed by atoms with Crippen molar-refractivity contribution in [3.8, 4) is 0 Å². The van der Waals surface area contributed by atoms with E-state index in [0.717, 1.165) is 95.0 Å². The molecule has 2 aromatic heterocycles. The van der Waals surface area contributed by atoms with E-state index in [2.05, 4.69) is 83.0 Å². The molecule has 9 rings (SSSR count). The van der Waals surface area contributed by atoms with E-state index in [1.807, 2.05) is 25.2 Å². The standard InChI is InChI=1S/C41H41BrN10O4/c1-23-4-3-5-32(42)35(23)46-36-31-20-43-41(47-37(31)49(2)48-36)44-27-7-6-25-14-15-50(22-26(25)18-27)21-24-12-16-51(17-13-24)28-8-9-29-30(19-28)40(56)52(39(29)55)33-10-11-34(53)45-38(33)54/h3-9,18-20,24,33H,10-17,21-22H2,1-2H3,(H,46,48)(H,43,44,47)(H,45,53,54). The lowest BCUT2D eigenvalue weighted by molar-refractivity contribution is -0.136. The molecule has 4 aliphatic heterocycles. The van der Waals surface area contributed by atoms with E-state index in [0.29, 0.717) is 28.8 Å². The maximum Gasteiger partial charge on any atom is 0.262 e. The molecule has 3 N–H and O–H groups in total. The number of nitrogens with one attached hydrogen (secondary N) is 3. The normalized spacial score (nSPS) is 19.0. The van der Waals surface area contributed by atoms with Gasteiger partial charge in [0.25, 0.3) is 11.8 Å². The fourth-order valence-electron chi connectivity index (χ4n) is 8.47. The van der Waals surface area contributed by atoms with Crippen LogP contribution in [0.3, 0.4) is 0 Å². The summed E-state index contributed by atoms with van der Waals surface area (Å²) in [6, 6.07) is 17.0. The average molecular weight is 818 g/mol. The fourth-order valence-corrected chi connectivity index (χ4v) is 9.04. The summed E-state index contributed by atoms with van der Waals surface area (Å²) in [5.41, 5.74) is 7.92. The van der Waals surface area contributed by atoms with Crippen LogP contribution in [0.2, 0.25) is 0 Å². The molecule has 5 aromatic rings. The molecule has 2 saturated heterocycles. The van der Waals surface area contributed by atoms with E-state index < -0.39 is 23.8 Å². The Labute approximate surface area is 331 Å². The summed E-state index contributed by atoms with van der Waals surface area (Å²) >= 11 is 3.64. The number of carbonyl (C=O) groups excluding carboxylic acids is 4. The number of hydrogen-bond donors (Lipinski definition) is 3. The van der Waals surface area contributed by atoms with Gasteiger partial charge in [0.2, 0.25) is 17.8 Å². The van der Waals surface area contributed by atoms with Crippen molar-refractivity contribution in [3.63, 3.8) is 0 Å². The molecule has 286 valence electrons. The monoisotopic (exact) mass is 816 g/mol. The van der Waals surface area contributed by atoms with Gasteiger partial charge < -0.3 is 15.5 Å². The van der Waals surface area contributed by atoms with Gasteiger partial charge in [-0.25, -0.2) is 9.67 Å². The van der Waals surface area contributed by atoms with Crippen LogP contribution in [-0.2, 0) is 29.6 Å². The van der Waals surface area contributed by atoms with Crippen molar-refractivity contribution >= 4 is 79.4 Å². The summed E-state index contributed by atoms with van der Waals surface area (Å²) in [5.74, 6) is -0.198. The summed E-state index contributed by atoms with van der Waals surface area (Å²) in [6.45, 7) is 6.65. The van der Waals surface area contributed by atoms with Crippen molar-refractivity contribution in [1.82, 2.24) is 34.9 Å². The highest BCUT2D eigenvalue weighted by Crippen LogP contribution is 2.34. The van der Waals surface area contributed by atoms with Crippen LogP contribution in [0.5, 0.6) is 0 Å². The number of hydrogen-bond acceptors (Lipinski definition) is 11. The zero-order chi connectivity index (χ0) is 38.7. The van der Waals surface area contributed by atoms with E-state index in [1.54, 1.807) is 23.0 Å². The first kappa shape index (κ1) is 36.0. The number of amides is 4. The lowest BCUT2D eigenvalue weighted by atomic mass is 9.93. The number of nitrogens with zero attached hydrogens (tertiary/aromatic N) is 7. The first-order chi connectivity index (χ1) is 27.1. The number of aryl methyl sites for hydroxylation is 2. The zero-order valence-corrected chi connectivity index (χ0v) is 32.7. The molecule has 1 atom stereocenters. The van der Waals surface area contributed by atoms with Gasteiger partial charge in [-0.05, 0) is 108 Å². The molecule has 56 heavy (non-hydrogen) atoms. The van der Waals surface area contributed by atoms with Crippen molar-refractivity contribution in [2.75, 3.05) is 41.7 Å². The molecule has 0 aliphatic carbocycles. The molecule has 0 radical (unpaired) electrons. The second-order valence-electron chi connectivity index (χ2n) is 15.2. The lowest BCUT2D eigenvalue weighted by Crippen LogP contribution is -2.54. The molecule has 14 nitrogen and oxygen atoms in total. The quantitative estimate of drug-likeness (QED) is 0.168. The maximum absolute atomic E-state index is 13.4. The van der Waals surface area contributed by atoms with Crippen molar-refractivity contribution in [2.24, 2.45) is 13.0 Å². The molecule has 0 bridgehead atoms. The number of fused-ring (bicyclic) bond motifs is 3. The van der Waals surface area contributed by atoms with Gasteiger partial charge >= 0.3 is 0 Å². The number of benzene rings is 3. The number of halogens is 1. The SMILES string of the molecule is Cc1cccc(Br)c1Nc1nn(C)c2nc(Nc3ccc4c(c3)CN(CC3CCN(c5ccc6c(c5)C(=O)N(C5CCC(=O)NC5=O)C6=O)CC3)CC4)ncc12. The first-order valence-corrected chi connectivity index (χ1v) is 19.8. The van der Waals surface area contributed by atoms with Crippen molar-refractivity contribution in [3.05, 3.63) is 93.1 Å². The van der Waals surface area contributed by atoms with Gasteiger partial charge in [0.1, 0.15) is 6.04 Å². The number of aromatic nitrogens is 4. The molecule has 3 aromatic carbocycles. The van der Waals surface area contributed by atoms with E-state index in [1.165, 1.54) is 11.1 Å². The van der Waals surface area contributed by atoms with Crippen LogP contribution in [0.1, 0.15) is 63.1 Å². The highest BCUT2D eigenvalue weighted by Gasteiger charge is 2.45. The molecule has 4 amide bonds. The molecular weight excluding hydrogens is 776 g/mol. The number of piperidine rings is 2. The minimum atomic E-state index is -0.967. The Morgan fingerprint density at radius 3 is 2.52 bits per heavy atom. The van der Waals surface area contributed by atoms with Crippen LogP contribution >= 0.6 is 15.9 Å². The second-order valence-corrected chi connectivity index (χ2v) is 16.0. The second kappa shape index (κ2) is 14.4. The number of imide groups is 2.